The normalized spacial score (nSPS) is 12.6. The Morgan fingerprint density at radius 3 is 2.32 bits per heavy atom. The van der Waals surface area contributed by atoms with Crippen LogP contribution in [0.5, 0.6) is 0 Å². The standard InChI is InChI=1S/C18H28N2O2/c1-7-13(2)20(14(3)21)12-17(22)19-16-11-9-8-10-15(16)18(4,5)6/h8-11,13H,7,12H2,1-6H3,(H,19,22). The molecule has 0 aliphatic heterocycles. The van der Waals surface area contributed by atoms with Crippen LogP contribution in [0.15, 0.2) is 24.3 Å². The van der Waals surface area contributed by atoms with Crippen molar-refractivity contribution in [1.82, 2.24) is 4.90 Å². The zero-order valence-electron chi connectivity index (χ0n) is 14.6. The molecule has 0 bridgehead atoms. The summed E-state index contributed by atoms with van der Waals surface area (Å²) in [6, 6.07) is 7.85. The maximum Gasteiger partial charge on any atom is 0.244 e. The zero-order chi connectivity index (χ0) is 16.9. The minimum atomic E-state index is -0.160. The number of hydrogen-bond acceptors (Lipinski definition) is 2. The highest BCUT2D eigenvalue weighted by molar-refractivity contribution is 5.95. The Labute approximate surface area is 133 Å². The van der Waals surface area contributed by atoms with Gasteiger partial charge in [-0.15, -0.1) is 0 Å². The lowest BCUT2D eigenvalue weighted by molar-refractivity contribution is -0.134. The lowest BCUT2D eigenvalue weighted by Gasteiger charge is -2.27. The molecule has 22 heavy (non-hydrogen) atoms. The Morgan fingerprint density at radius 1 is 1.23 bits per heavy atom. The molecule has 1 N–H and O–H groups in total. The van der Waals surface area contributed by atoms with Crippen molar-refractivity contribution >= 4 is 17.5 Å². The van der Waals surface area contributed by atoms with E-state index in [1.54, 1.807) is 4.90 Å². The first-order valence-corrected chi connectivity index (χ1v) is 7.83. The second-order valence-electron chi connectivity index (χ2n) is 6.75. The highest BCUT2D eigenvalue weighted by Gasteiger charge is 2.21. The van der Waals surface area contributed by atoms with Gasteiger partial charge in [0.1, 0.15) is 6.54 Å². The zero-order valence-corrected chi connectivity index (χ0v) is 14.6. The molecule has 4 nitrogen and oxygen atoms in total. The fraction of sp³-hybridized carbons (Fsp3) is 0.556. The summed E-state index contributed by atoms with van der Waals surface area (Å²) in [7, 11) is 0. The fourth-order valence-electron chi connectivity index (χ4n) is 2.39. The van der Waals surface area contributed by atoms with Gasteiger partial charge in [-0.2, -0.15) is 0 Å². The van der Waals surface area contributed by atoms with Gasteiger partial charge >= 0.3 is 0 Å². The largest absolute Gasteiger partial charge is 0.331 e. The van der Waals surface area contributed by atoms with Gasteiger partial charge in [-0.3, -0.25) is 9.59 Å². The second-order valence-corrected chi connectivity index (χ2v) is 6.75. The van der Waals surface area contributed by atoms with Gasteiger partial charge in [-0.1, -0.05) is 45.9 Å². The van der Waals surface area contributed by atoms with Crippen molar-refractivity contribution in [2.24, 2.45) is 0 Å². The first-order valence-electron chi connectivity index (χ1n) is 7.83. The van der Waals surface area contributed by atoms with Crippen molar-refractivity contribution in [3.05, 3.63) is 29.8 Å². The second kappa shape index (κ2) is 7.43. The number of para-hydroxylation sites is 1. The van der Waals surface area contributed by atoms with Crippen LogP contribution in [0.4, 0.5) is 5.69 Å². The molecule has 1 rings (SSSR count). The van der Waals surface area contributed by atoms with E-state index in [9.17, 15) is 9.59 Å². The van der Waals surface area contributed by atoms with Crippen molar-refractivity contribution < 1.29 is 9.59 Å². The van der Waals surface area contributed by atoms with E-state index >= 15 is 0 Å². The molecule has 2 amide bonds. The van der Waals surface area contributed by atoms with Crippen molar-refractivity contribution in [2.75, 3.05) is 11.9 Å². The molecule has 0 spiro atoms. The Balaban J connectivity index is 2.88. The minimum absolute atomic E-state index is 0.0547. The van der Waals surface area contributed by atoms with Crippen LogP contribution < -0.4 is 5.32 Å². The Kier molecular flexibility index (Phi) is 6.15. The van der Waals surface area contributed by atoms with Crippen molar-refractivity contribution in [1.29, 1.82) is 0 Å². The van der Waals surface area contributed by atoms with Crippen molar-refractivity contribution in [3.63, 3.8) is 0 Å². The van der Waals surface area contributed by atoms with Gasteiger partial charge in [-0.25, -0.2) is 0 Å². The van der Waals surface area contributed by atoms with Gasteiger partial charge in [0.2, 0.25) is 11.8 Å². The van der Waals surface area contributed by atoms with Gasteiger partial charge in [0, 0.05) is 18.7 Å². The average molecular weight is 304 g/mol. The van der Waals surface area contributed by atoms with E-state index < -0.39 is 0 Å². The van der Waals surface area contributed by atoms with Crippen molar-refractivity contribution in [3.8, 4) is 0 Å². The van der Waals surface area contributed by atoms with E-state index in [1.165, 1.54) is 6.92 Å². The van der Waals surface area contributed by atoms with Crippen LogP contribution >= 0.6 is 0 Å². The van der Waals surface area contributed by atoms with Gasteiger partial charge in [0.15, 0.2) is 0 Å². The number of carbonyl (C=O) groups excluding carboxylic acids is 2. The van der Waals surface area contributed by atoms with E-state index in [-0.39, 0.29) is 29.8 Å². The molecule has 0 fully saturated rings. The van der Waals surface area contributed by atoms with Crippen LogP contribution in [0.3, 0.4) is 0 Å². The number of amides is 2. The van der Waals surface area contributed by atoms with Gasteiger partial charge in [-0.05, 0) is 30.4 Å². The van der Waals surface area contributed by atoms with E-state index in [0.29, 0.717) is 0 Å². The summed E-state index contributed by atoms with van der Waals surface area (Å²) in [5, 5.41) is 2.95. The predicted molar refractivity (Wildman–Crippen MR) is 90.9 cm³/mol. The molecule has 1 aromatic carbocycles. The summed E-state index contributed by atoms with van der Waals surface area (Å²) in [6.07, 6.45) is 0.825. The molecule has 0 saturated heterocycles. The summed E-state index contributed by atoms with van der Waals surface area (Å²) in [5.74, 6) is -0.235. The molecule has 1 unspecified atom stereocenters. The third-order valence-electron chi connectivity index (χ3n) is 3.85. The molecule has 0 aliphatic carbocycles. The van der Waals surface area contributed by atoms with Crippen molar-refractivity contribution in [2.45, 2.75) is 59.4 Å². The molecule has 0 aliphatic rings. The molecule has 0 saturated carbocycles. The highest BCUT2D eigenvalue weighted by atomic mass is 16.2. The quantitative estimate of drug-likeness (QED) is 0.904. The van der Waals surface area contributed by atoms with Crippen LogP contribution in [0.2, 0.25) is 0 Å². The summed E-state index contributed by atoms with van der Waals surface area (Å²) in [6.45, 7) is 11.9. The van der Waals surface area contributed by atoms with Gasteiger partial charge < -0.3 is 10.2 Å². The molecule has 0 aromatic heterocycles. The highest BCUT2D eigenvalue weighted by Crippen LogP contribution is 2.29. The predicted octanol–water partition coefficient (Wildman–Crippen LogP) is 3.57. The topological polar surface area (TPSA) is 49.4 Å². The maximum atomic E-state index is 12.3. The van der Waals surface area contributed by atoms with Gasteiger partial charge in [0.05, 0.1) is 0 Å². The Morgan fingerprint density at radius 2 is 1.82 bits per heavy atom. The number of nitrogens with one attached hydrogen (secondary N) is 1. The molecule has 122 valence electrons. The summed E-state index contributed by atoms with van der Waals surface area (Å²) in [5.41, 5.74) is 1.84. The van der Waals surface area contributed by atoms with E-state index in [4.69, 9.17) is 0 Å². The van der Waals surface area contributed by atoms with Crippen LogP contribution in [0.1, 0.15) is 53.5 Å². The van der Waals surface area contributed by atoms with Crippen LogP contribution in [0.25, 0.3) is 0 Å². The molecule has 4 heteroatoms. The Bertz CT molecular complexity index is 532. The first-order chi connectivity index (χ1) is 10.2. The summed E-state index contributed by atoms with van der Waals surface area (Å²) < 4.78 is 0. The Hall–Kier alpha value is -1.84. The number of nitrogens with zero attached hydrogens (tertiary/aromatic N) is 1. The molecular weight excluding hydrogens is 276 g/mol. The first kappa shape index (κ1) is 18.2. The van der Waals surface area contributed by atoms with E-state index in [2.05, 4.69) is 26.1 Å². The molecule has 1 atom stereocenters. The lowest BCUT2D eigenvalue weighted by atomic mass is 9.86. The summed E-state index contributed by atoms with van der Waals surface area (Å²) in [4.78, 5) is 25.6. The average Bonchev–Trinajstić information content (AvgIpc) is 2.43. The van der Waals surface area contributed by atoms with E-state index in [0.717, 1.165) is 17.7 Å². The third-order valence-corrected chi connectivity index (χ3v) is 3.85. The molecule has 1 aromatic rings. The van der Waals surface area contributed by atoms with Crippen LogP contribution in [0, 0.1) is 0 Å². The minimum Gasteiger partial charge on any atom is -0.331 e. The van der Waals surface area contributed by atoms with Gasteiger partial charge in [0.25, 0.3) is 0 Å². The molecular formula is C18H28N2O2. The molecule has 0 radical (unpaired) electrons. The van der Waals surface area contributed by atoms with Crippen LogP contribution in [-0.4, -0.2) is 29.3 Å². The number of benzene rings is 1. The SMILES string of the molecule is CCC(C)N(CC(=O)Nc1ccccc1C(C)(C)C)C(C)=O. The smallest absolute Gasteiger partial charge is 0.244 e. The number of rotatable bonds is 5. The maximum absolute atomic E-state index is 12.3. The fourth-order valence-corrected chi connectivity index (χ4v) is 2.39. The monoisotopic (exact) mass is 304 g/mol. The number of anilines is 1. The van der Waals surface area contributed by atoms with Crippen LogP contribution in [-0.2, 0) is 15.0 Å². The summed E-state index contributed by atoms with van der Waals surface area (Å²) >= 11 is 0. The number of carbonyl (C=O) groups is 2. The third kappa shape index (κ3) is 4.86. The van der Waals surface area contributed by atoms with E-state index in [1.807, 2.05) is 38.1 Å². The number of hydrogen-bond donors (Lipinski definition) is 1. The molecule has 0 heterocycles. The lowest BCUT2D eigenvalue weighted by Crippen LogP contribution is -2.42.